The molecule has 8 heteroatoms. The molecule has 2 aliphatic heterocycles. The minimum Gasteiger partial charge on any atom is -0.489 e. The molecule has 2 aromatic rings. The SMILES string of the molecule is COC1CNCCC1n1cc(-c2ccc3c(c2OC2CCC2)CC[C@H](C)N3C(=O)O)cn1. The molecule has 1 amide bonds. The fraction of sp³-hybridized carbons (Fsp3) is 0.583. The van der Waals surface area contributed by atoms with Crippen LogP contribution < -0.4 is 15.0 Å². The molecule has 3 atom stereocenters. The van der Waals surface area contributed by atoms with Crippen LogP contribution in [-0.4, -0.2) is 59.4 Å². The molecule has 1 saturated carbocycles. The van der Waals surface area contributed by atoms with Gasteiger partial charge in [0.2, 0.25) is 0 Å². The molecule has 0 radical (unpaired) electrons. The molecule has 0 bridgehead atoms. The first-order chi connectivity index (χ1) is 15.6. The van der Waals surface area contributed by atoms with Gasteiger partial charge < -0.3 is 19.9 Å². The molecular weight excluding hydrogens is 408 g/mol. The van der Waals surface area contributed by atoms with Crippen LogP contribution >= 0.6 is 0 Å². The third-order valence-corrected chi connectivity index (χ3v) is 7.24. The second-order valence-electron chi connectivity index (χ2n) is 9.19. The summed E-state index contributed by atoms with van der Waals surface area (Å²) in [7, 11) is 1.75. The summed E-state index contributed by atoms with van der Waals surface area (Å²) in [5.41, 5.74) is 3.74. The first-order valence-corrected chi connectivity index (χ1v) is 11.7. The van der Waals surface area contributed by atoms with Gasteiger partial charge in [-0.05, 0) is 64.1 Å². The lowest BCUT2D eigenvalue weighted by Gasteiger charge is -2.36. The molecule has 3 heterocycles. The number of aromatic nitrogens is 2. The van der Waals surface area contributed by atoms with Crippen LogP contribution in [0.15, 0.2) is 24.5 Å². The van der Waals surface area contributed by atoms with Crippen molar-refractivity contribution in [2.75, 3.05) is 25.1 Å². The van der Waals surface area contributed by atoms with Crippen molar-refractivity contribution in [3.05, 3.63) is 30.1 Å². The Kier molecular flexibility index (Phi) is 5.82. The van der Waals surface area contributed by atoms with Crippen LogP contribution in [0.2, 0.25) is 0 Å². The van der Waals surface area contributed by atoms with Crippen molar-refractivity contribution in [1.29, 1.82) is 0 Å². The smallest absolute Gasteiger partial charge is 0.412 e. The lowest BCUT2D eigenvalue weighted by molar-refractivity contribution is 0.0346. The van der Waals surface area contributed by atoms with Gasteiger partial charge in [-0.3, -0.25) is 9.58 Å². The first-order valence-electron chi connectivity index (χ1n) is 11.7. The molecule has 8 nitrogen and oxygen atoms in total. The predicted molar refractivity (Wildman–Crippen MR) is 122 cm³/mol. The van der Waals surface area contributed by atoms with Crippen LogP contribution in [0.1, 0.15) is 50.6 Å². The van der Waals surface area contributed by atoms with Gasteiger partial charge in [0.05, 0.1) is 30.1 Å². The van der Waals surface area contributed by atoms with E-state index >= 15 is 0 Å². The van der Waals surface area contributed by atoms with Crippen LogP contribution in [-0.2, 0) is 11.2 Å². The summed E-state index contributed by atoms with van der Waals surface area (Å²) in [6.45, 7) is 3.72. The van der Waals surface area contributed by atoms with Gasteiger partial charge in [0.15, 0.2) is 0 Å². The number of rotatable bonds is 5. The van der Waals surface area contributed by atoms with Crippen LogP contribution in [0.5, 0.6) is 5.75 Å². The molecule has 2 N–H and O–H groups in total. The summed E-state index contributed by atoms with van der Waals surface area (Å²) in [6.07, 6.45) is 9.18. The van der Waals surface area contributed by atoms with E-state index in [4.69, 9.17) is 9.47 Å². The molecule has 2 unspecified atom stereocenters. The van der Waals surface area contributed by atoms with Gasteiger partial charge in [-0.25, -0.2) is 4.79 Å². The monoisotopic (exact) mass is 440 g/mol. The van der Waals surface area contributed by atoms with Gasteiger partial charge >= 0.3 is 6.09 Å². The Hall–Kier alpha value is -2.58. The maximum absolute atomic E-state index is 12.0. The molecule has 0 spiro atoms. The summed E-state index contributed by atoms with van der Waals surface area (Å²) >= 11 is 0. The Bertz CT molecular complexity index is 986. The number of carboxylic acid groups (broad SMARTS) is 1. The molecule has 1 aromatic heterocycles. The van der Waals surface area contributed by atoms with E-state index in [9.17, 15) is 9.90 Å². The molecular formula is C24H32N4O4. The average molecular weight is 441 g/mol. The van der Waals surface area contributed by atoms with E-state index in [-0.39, 0.29) is 24.3 Å². The quantitative estimate of drug-likeness (QED) is 0.734. The summed E-state index contributed by atoms with van der Waals surface area (Å²) in [5, 5.41) is 17.9. The standard InChI is InChI=1S/C24H32N4O4/c1-15-6-7-19-20(28(15)24(29)30)9-8-18(23(19)32-17-4-3-5-17)16-12-26-27(14-16)21-10-11-25-13-22(21)31-2/h8-9,12,14-15,17,21-22,25H,3-7,10-11,13H2,1-2H3,(H,29,30)/t15-,21?,22?/m0/s1. The van der Waals surface area contributed by atoms with Crippen LogP contribution in [0.25, 0.3) is 11.1 Å². The van der Waals surface area contributed by atoms with Gasteiger partial charge in [-0.15, -0.1) is 0 Å². The first kappa shape index (κ1) is 21.3. The lowest BCUT2D eigenvalue weighted by Crippen LogP contribution is -2.42. The highest BCUT2D eigenvalue weighted by atomic mass is 16.5. The Morgan fingerprint density at radius 2 is 2.09 bits per heavy atom. The lowest BCUT2D eigenvalue weighted by atomic mass is 9.91. The van der Waals surface area contributed by atoms with Crippen molar-refractivity contribution in [3.63, 3.8) is 0 Å². The van der Waals surface area contributed by atoms with Gasteiger partial charge in [0.25, 0.3) is 0 Å². The molecule has 1 saturated heterocycles. The van der Waals surface area contributed by atoms with E-state index in [1.807, 2.05) is 29.9 Å². The summed E-state index contributed by atoms with van der Waals surface area (Å²) in [5.74, 6) is 0.832. The van der Waals surface area contributed by atoms with E-state index in [0.717, 1.165) is 73.3 Å². The number of nitrogens with zero attached hydrogens (tertiary/aromatic N) is 3. The number of amides is 1. The van der Waals surface area contributed by atoms with E-state index in [0.29, 0.717) is 0 Å². The van der Waals surface area contributed by atoms with Crippen LogP contribution in [0, 0.1) is 0 Å². The normalized spacial score (nSPS) is 25.8. The number of carbonyl (C=O) groups is 1. The third kappa shape index (κ3) is 3.75. The highest BCUT2D eigenvalue weighted by molar-refractivity contribution is 5.91. The number of anilines is 1. The minimum absolute atomic E-state index is 0.0453. The minimum atomic E-state index is -0.912. The Labute approximate surface area is 188 Å². The number of hydrogen-bond donors (Lipinski definition) is 2. The number of nitrogens with one attached hydrogen (secondary N) is 1. The fourth-order valence-corrected chi connectivity index (χ4v) is 5.13. The van der Waals surface area contributed by atoms with Crippen LogP contribution in [0.3, 0.4) is 0 Å². The second kappa shape index (κ2) is 8.75. The second-order valence-corrected chi connectivity index (χ2v) is 9.19. The third-order valence-electron chi connectivity index (χ3n) is 7.24. The largest absolute Gasteiger partial charge is 0.489 e. The molecule has 5 rings (SSSR count). The molecule has 32 heavy (non-hydrogen) atoms. The maximum Gasteiger partial charge on any atom is 0.412 e. The zero-order valence-electron chi connectivity index (χ0n) is 18.8. The number of piperidine rings is 1. The fourth-order valence-electron chi connectivity index (χ4n) is 5.13. The van der Waals surface area contributed by atoms with Crippen molar-refractivity contribution in [2.24, 2.45) is 0 Å². The highest BCUT2D eigenvalue weighted by Gasteiger charge is 2.33. The Balaban J connectivity index is 1.54. The average Bonchev–Trinajstić information content (AvgIpc) is 3.25. The predicted octanol–water partition coefficient (Wildman–Crippen LogP) is 3.85. The number of ether oxygens (including phenoxy) is 2. The Morgan fingerprint density at radius 1 is 1.25 bits per heavy atom. The van der Waals surface area contributed by atoms with E-state index in [1.165, 1.54) is 11.3 Å². The Morgan fingerprint density at radius 3 is 2.81 bits per heavy atom. The highest BCUT2D eigenvalue weighted by Crippen LogP contribution is 2.44. The van der Waals surface area contributed by atoms with Crippen molar-refractivity contribution in [2.45, 2.75) is 69.7 Å². The maximum atomic E-state index is 12.0. The van der Waals surface area contributed by atoms with Gasteiger partial charge in [0.1, 0.15) is 5.75 Å². The molecule has 172 valence electrons. The van der Waals surface area contributed by atoms with Crippen LogP contribution in [0.4, 0.5) is 10.5 Å². The zero-order chi connectivity index (χ0) is 22.2. The number of methoxy groups -OCH3 is 1. The summed E-state index contributed by atoms with van der Waals surface area (Å²) in [6, 6.07) is 4.07. The van der Waals surface area contributed by atoms with Crippen molar-refractivity contribution in [1.82, 2.24) is 15.1 Å². The zero-order valence-corrected chi connectivity index (χ0v) is 18.8. The number of benzene rings is 1. The molecule has 3 aliphatic rings. The van der Waals surface area contributed by atoms with E-state index in [1.54, 1.807) is 7.11 Å². The van der Waals surface area contributed by atoms with Crippen molar-refractivity contribution >= 4 is 11.8 Å². The van der Waals surface area contributed by atoms with Gasteiger partial charge in [-0.2, -0.15) is 5.10 Å². The number of hydrogen-bond acceptors (Lipinski definition) is 5. The molecule has 1 aromatic carbocycles. The van der Waals surface area contributed by atoms with Gasteiger partial charge in [-0.1, -0.05) is 0 Å². The molecule has 2 fully saturated rings. The van der Waals surface area contributed by atoms with E-state index < -0.39 is 6.09 Å². The molecule has 1 aliphatic carbocycles. The van der Waals surface area contributed by atoms with Crippen molar-refractivity contribution in [3.8, 4) is 16.9 Å². The van der Waals surface area contributed by atoms with Gasteiger partial charge in [0, 0.05) is 42.6 Å². The van der Waals surface area contributed by atoms with Crippen molar-refractivity contribution < 1.29 is 19.4 Å². The summed E-state index contributed by atoms with van der Waals surface area (Å²) in [4.78, 5) is 13.5. The summed E-state index contributed by atoms with van der Waals surface area (Å²) < 4.78 is 14.2. The topological polar surface area (TPSA) is 88.9 Å². The number of fused-ring (bicyclic) bond motifs is 1. The van der Waals surface area contributed by atoms with E-state index in [2.05, 4.69) is 16.6 Å².